The fourth-order valence-corrected chi connectivity index (χ4v) is 3.65. The molecule has 0 unspecified atom stereocenters. The molecule has 140 valence electrons. The minimum Gasteiger partial charge on any atom is -0.497 e. The molecular formula is C22H16O5S. The lowest BCUT2D eigenvalue weighted by atomic mass is 10.1. The predicted molar refractivity (Wildman–Crippen MR) is 106 cm³/mol. The third-order valence-electron chi connectivity index (χ3n) is 4.32. The van der Waals surface area contributed by atoms with Crippen LogP contribution in [0.5, 0.6) is 17.2 Å². The summed E-state index contributed by atoms with van der Waals surface area (Å²) in [6.07, 6.45) is 1.74. The van der Waals surface area contributed by atoms with Crippen LogP contribution in [0.1, 0.15) is 31.2 Å². The van der Waals surface area contributed by atoms with Gasteiger partial charge in [0.25, 0.3) is 0 Å². The second kappa shape index (κ2) is 7.32. The summed E-state index contributed by atoms with van der Waals surface area (Å²) < 4.78 is 16.3. The first-order chi connectivity index (χ1) is 13.5. The Kier molecular flexibility index (Phi) is 4.71. The van der Waals surface area contributed by atoms with Crippen LogP contribution in [0.15, 0.2) is 59.7 Å². The molecule has 0 N–H and O–H groups in total. The van der Waals surface area contributed by atoms with Crippen molar-refractivity contribution >= 4 is 29.2 Å². The molecular weight excluding hydrogens is 376 g/mol. The Morgan fingerprint density at radius 2 is 1.96 bits per heavy atom. The number of allylic oxidation sites excluding steroid dienone is 1. The van der Waals surface area contributed by atoms with Crippen LogP contribution in [0.25, 0.3) is 6.08 Å². The van der Waals surface area contributed by atoms with Crippen LogP contribution in [0.2, 0.25) is 0 Å². The van der Waals surface area contributed by atoms with E-state index in [0.717, 1.165) is 10.4 Å². The number of esters is 1. The van der Waals surface area contributed by atoms with Gasteiger partial charge in [0.15, 0.2) is 5.76 Å². The summed E-state index contributed by atoms with van der Waals surface area (Å²) in [4.78, 5) is 25.9. The molecule has 0 atom stereocenters. The van der Waals surface area contributed by atoms with Gasteiger partial charge in [0.05, 0.1) is 18.2 Å². The van der Waals surface area contributed by atoms with Crippen molar-refractivity contribution in [3.63, 3.8) is 0 Å². The van der Waals surface area contributed by atoms with Crippen molar-refractivity contribution in [3.05, 3.63) is 81.2 Å². The van der Waals surface area contributed by atoms with Crippen LogP contribution >= 0.6 is 11.3 Å². The Balaban J connectivity index is 1.55. The molecule has 1 aliphatic heterocycles. The highest BCUT2D eigenvalue weighted by Gasteiger charge is 2.28. The van der Waals surface area contributed by atoms with E-state index >= 15 is 0 Å². The van der Waals surface area contributed by atoms with Gasteiger partial charge < -0.3 is 14.2 Å². The quantitative estimate of drug-likeness (QED) is 0.359. The molecule has 0 fully saturated rings. The zero-order chi connectivity index (χ0) is 19.7. The summed E-state index contributed by atoms with van der Waals surface area (Å²) in [5.74, 6) is 0.795. The van der Waals surface area contributed by atoms with Crippen molar-refractivity contribution in [2.45, 2.75) is 6.92 Å². The predicted octanol–water partition coefficient (Wildman–Crippen LogP) is 4.90. The summed E-state index contributed by atoms with van der Waals surface area (Å²) in [7, 11) is 1.53. The Bertz CT molecular complexity index is 1110. The summed E-state index contributed by atoms with van der Waals surface area (Å²) in [6.45, 7) is 1.98. The summed E-state index contributed by atoms with van der Waals surface area (Å²) >= 11 is 1.54. The van der Waals surface area contributed by atoms with Crippen LogP contribution < -0.4 is 14.2 Å². The van der Waals surface area contributed by atoms with Crippen LogP contribution in [-0.2, 0) is 0 Å². The molecule has 0 saturated carbocycles. The van der Waals surface area contributed by atoms with E-state index < -0.39 is 5.97 Å². The maximum absolute atomic E-state index is 12.5. The highest BCUT2D eigenvalue weighted by atomic mass is 32.1. The highest BCUT2D eigenvalue weighted by Crippen LogP contribution is 2.35. The van der Waals surface area contributed by atoms with Crippen molar-refractivity contribution in [3.8, 4) is 17.2 Å². The third-order valence-corrected chi connectivity index (χ3v) is 5.29. The van der Waals surface area contributed by atoms with E-state index in [4.69, 9.17) is 14.2 Å². The largest absolute Gasteiger partial charge is 0.497 e. The average molecular weight is 392 g/mol. The number of thiophene rings is 1. The first-order valence-electron chi connectivity index (χ1n) is 8.54. The van der Waals surface area contributed by atoms with Gasteiger partial charge in [-0.25, -0.2) is 4.79 Å². The molecule has 0 radical (unpaired) electrons. The van der Waals surface area contributed by atoms with E-state index in [1.54, 1.807) is 59.9 Å². The molecule has 28 heavy (non-hydrogen) atoms. The molecule has 0 amide bonds. The van der Waals surface area contributed by atoms with Gasteiger partial charge in [-0.15, -0.1) is 11.3 Å². The second-order valence-electron chi connectivity index (χ2n) is 6.19. The first kappa shape index (κ1) is 18.0. The number of aryl methyl sites for hydroxylation is 1. The van der Waals surface area contributed by atoms with Crippen LogP contribution in [0, 0.1) is 6.92 Å². The van der Waals surface area contributed by atoms with Gasteiger partial charge in [0.1, 0.15) is 17.2 Å². The summed E-state index contributed by atoms with van der Waals surface area (Å²) in [5.41, 5.74) is 1.89. The van der Waals surface area contributed by atoms with E-state index in [1.165, 1.54) is 7.11 Å². The molecule has 4 rings (SSSR count). The van der Waals surface area contributed by atoms with Crippen LogP contribution in [-0.4, -0.2) is 18.9 Å². The van der Waals surface area contributed by atoms with E-state index in [2.05, 4.69) is 0 Å². The zero-order valence-corrected chi connectivity index (χ0v) is 16.0. The lowest BCUT2D eigenvalue weighted by Crippen LogP contribution is -2.08. The van der Waals surface area contributed by atoms with Gasteiger partial charge in [-0.3, -0.25) is 4.79 Å². The normalized spacial score (nSPS) is 13.9. The van der Waals surface area contributed by atoms with Gasteiger partial charge >= 0.3 is 5.97 Å². The molecule has 0 spiro atoms. The van der Waals surface area contributed by atoms with Gasteiger partial charge in [0.2, 0.25) is 5.78 Å². The maximum Gasteiger partial charge on any atom is 0.343 e. The minimum atomic E-state index is -0.520. The molecule has 2 aromatic carbocycles. The fourth-order valence-electron chi connectivity index (χ4n) is 2.80. The fraction of sp³-hybridized carbons (Fsp3) is 0.0909. The second-order valence-corrected chi connectivity index (χ2v) is 7.13. The summed E-state index contributed by atoms with van der Waals surface area (Å²) in [5, 5.41) is 1.96. The van der Waals surface area contributed by atoms with Gasteiger partial charge in [0, 0.05) is 17.0 Å². The van der Waals surface area contributed by atoms with Crippen LogP contribution in [0.3, 0.4) is 0 Å². The average Bonchev–Trinajstić information content (AvgIpc) is 3.25. The highest BCUT2D eigenvalue weighted by molar-refractivity contribution is 7.11. The van der Waals surface area contributed by atoms with E-state index in [1.807, 2.05) is 18.4 Å². The molecule has 1 aliphatic rings. The van der Waals surface area contributed by atoms with E-state index in [-0.39, 0.29) is 11.5 Å². The number of ether oxygens (including phenoxy) is 3. The number of hydrogen-bond acceptors (Lipinski definition) is 6. The number of ketones is 1. The van der Waals surface area contributed by atoms with Crippen molar-refractivity contribution in [1.82, 2.24) is 0 Å². The smallest absolute Gasteiger partial charge is 0.343 e. The first-order valence-corrected chi connectivity index (χ1v) is 9.42. The molecule has 0 saturated heterocycles. The molecule has 0 bridgehead atoms. The number of fused-ring (bicyclic) bond motifs is 1. The van der Waals surface area contributed by atoms with Crippen LogP contribution in [0.4, 0.5) is 0 Å². The Labute approximate surface area is 165 Å². The molecule has 6 heteroatoms. The van der Waals surface area contributed by atoms with Gasteiger partial charge in [-0.05, 0) is 54.3 Å². The number of Topliss-reactive ketones (excluding diaryl/α,β-unsaturated/α-hetero) is 1. The Morgan fingerprint density at radius 3 is 2.71 bits per heavy atom. The van der Waals surface area contributed by atoms with E-state index in [9.17, 15) is 9.59 Å². The van der Waals surface area contributed by atoms with Gasteiger partial charge in [-0.2, -0.15) is 0 Å². The number of carbonyl (C=O) groups excluding carboxylic acids is 2. The van der Waals surface area contributed by atoms with Crippen molar-refractivity contribution in [2.75, 3.05) is 7.11 Å². The molecule has 1 aromatic heterocycles. The Morgan fingerprint density at radius 1 is 1.11 bits per heavy atom. The number of carbonyl (C=O) groups is 2. The number of rotatable bonds is 4. The lowest BCUT2D eigenvalue weighted by molar-refractivity contribution is 0.0734. The standard InChI is InChI=1S/C22H16O5S/c1-13-8-9-28-20(13)12-19-21(23)17-7-6-16(11-18(17)27-19)26-22(24)14-4-3-5-15(10-14)25-2/h3-12H,1-2H3/b19-12-. The SMILES string of the molecule is COc1cccc(C(=O)Oc2ccc3c(c2)O/C(=C\c2sccc2C)C3=O)c1. The topological polar surface area (TPSA) is 61.8 Å². The maximum atomic E-state index is 12.5. The minimum absolute atomic E-state index is 0.187. The van der Waals surface area contributed by atoms with Crippen molar-refractivity contribution < 1.29 is 23.8 Å². The van der Waals surface area contributed by atoms with E-state index in [0.29, 0.717) is 28.4 Å². The Hall–Kier alpha value is -3.38. The summed E-state index contributed by atoms with van der Waals surface area (Å²) in [6, 6.07) is 13.4. The molecule has 0 aliphatic carbocycles. The molecule has 5 nitrogen and oxygen atoms in total. The zero-order valence-electron chi connectivity index (χ0n) is 15.2. The number of methoxy groups -OCH3 is 1. The molecule has 3 aromatic rings. The number of hydrogen-bond donors (Lipinski definition) is 0. The lowest BCUT2D eigenvalue weighted by Gasteiger charge is -2.07. The van der Waals surface area contributed by atoms with Crippen molar-refractivity contribution in [1.29, 1.82) is 0 Å². The molecule has 2 heterocycles. The van der Waals surface area contributed by atoms with Gasteiger partial charge in [-0.1, -0.05) is 6.07 Å². The number of benzene rings is 2. The van der Waals surface area contributed by atoms with Crippen molar-refractivity contribution in [2.24, 2.45) is 0 Å². The third kappa shape index (κ3) is 3.42. The monoisotopic (exact) mass is 392 g/mol.